The van der Waals surface area contributed by atoms with E-state index in [9.17, 15) is 19.5 Å². The number of benzene rings is 1. The molecule has 162 valence electrons. The Kier molecular flexibility index (Phi) is 5.96. The van der Waals surface area contributed by atoms with E-state index < -0.39 is 23.3 Å². The van der Waals surface area contributed by atoms with Gasteiger partial charge >= 0.3 is 5.97 Å². The average molecular weight is 461 g/mol. The van der Waals surface area contributed by atoms with E-state index in [0.717, 1.165) is 0 Å². The molecule has 2 aliphatic rings. The largest absolute Gasteiger partial charge is 0.477 e. The summed E-state index contributed by atoms with van der Waals surface area (Å²) in [6.07, 6.45) is 1.64. The van der Waals surface area contributed by atoms with E-state index >= 15 is 0 Å². The number of amides is 2. The maximum Gasteiger partial charge on any atom is 0.352 e. The molecule has 31 heavy (non-hydrogen) atoms. The van der Waals surface area contributed by atoms with Crippen molar-refractivity contribution in [3.63, 3.8) is 0 Å². The first-order valence-electron chi connectivity index (χ1n) is 9.43. The molecule has 1 aromatic carbocycles. The number of nitrogens with one attached hydrogen (secondary N) is 1. The van der Waals surface area contributed by atoms with Crippen LogP contribution in [0.5, 0.6) is 0 Å². The van der Waals surface area contributed by atoms with Crippen molar-refractivity contribution in [2.24, 2.45) is 0 Å². The molecule has 0 saturated carbocycles. The number of fused-ring (bicyclic) bond motifs is 1. The van der Waals surface area contributed by atoms with Gasteiger partial charge in [0.05, 0.1) is 12.6 Å². The Hall–Kier alpha value is -2.92. The van der Waals surface area contributed by atoms with Crippen LogP contribution in [0.4, 0.5) is 5.69 Å². The maximum absolute atomic E-state index is 12.7. The Balaban J connectivity index is 1.43. The zero-order valence-electron chi connectivity index (χ0n) is 16.5. The molecule has 0 spiro atoms. The molecule has 9 nitrogen and oxygen atoms in total. The van der Waals surface area contributed by atoms with Crippen LogP contribution in [-0.2, 0) is 20.8 Å². The molecule has 1 unspecified atom stereocenters. The zero-order chi connectivity index (χ0) is 22.1. The fourth-order valence-electron chi connectivity index (χ4n) is 3.44. The van der Waals surface area contributed by atoms with E-state index in [2.05, 4.69) is 10.3 Å². The van der Waals surface area contributed by atoms with E-state index in [0.29, 0.717) is 39.3 Å². The molecule has 2 aromatic rings. The van der Waals surface area contributed by atoms with Crippen molar-refractivity contribution < 1.29 is 23.9 Å². The van der Waals surface area contributed by atoms with Gasteiger partial charge < -0.3 is 20.6 Å². The van der Waals surface area contributed by atoms with Gasteiger partial charge in [0.15, 0.2) is 0 Å². The summed E-state index contributed by atoms with van der Waals surface area (Å²) in [6, 6.07) is 6.26. The summed E-state index contributed by atoms with van der Waals surface area (Å²) in [5, 5.41) is 12.5. The van der Waals surface area contributed by atoms with Crippen molar-refractivity contribution in [1.29, 1.82) is 0 Å². The smallest absolute Gasteiger partial charge is 0.352 e. The van der Waals surface area contributed by atoms with Gasteiger partial charge in [0.2, 0.25) is 5.91 Å². The Morgan fingerprint density at radius 3 is 2.87 bits per heavy atom. The lowest BCUT2D eigenvalue weighted by atomic mass is 10.0. The number of carboxylic acid groups (broad SMARTS) is 1. The number of nitrogens with two attached hydrogens (primary N) is 1. The first-order chi connectivity index (χ1) is 14.8. The molecule has 0 aliphatic carbocycles. The van der Waals surface area contributed by atoms with Crippen LogP contribution in [0.2, 0.25) is 0 Å². The lowest BCUT2D eigenvalue weighted by Crippen LogP contribution is -2.70. The van der Waals surface area contributed by atoms with Gasteiger partial charge in [-0.15, -0.1) is 11.8 Å². The first kappa shape index (κ1) is 21.3. The van der Waals surface area contributed by atoms with Gasteiger partial charge in [-0.1, -0.05) is 30.0 Å². The topological polar surface area (TPSA) is 139 Å². The summed E-state index contributed by atoms with van der Waals surface area (Å²) >= 11 is 2.71. The Labute approximate surface area is 186 Å². The summed E-state index contributed by atoms with van der Waals surface area (Å²) < 4.78 is 5.41. The van der Waals surface area contributed by atoms with Gasteiger partial charge in [0.25, 0.3) is 11.1 Å². The molecule has 11 heteroatoms. The number of para-hydroxylation sites is 1. The molecule has 1 fully saturated rings. The number of thioether (sulfide) groups is 2. The normalized spacial score (nSPS) is 20.3. The molecule has 2 atom stereocenters. The Morgan fingerprint density at radius 1 is 1.42 bits per heavy atom. The summed E-state index contributed by atoms with van der Waals surface area (Å²) in [7, 11) is 0. The third kappa shape index (κ3) is 4.28. The number of nitrogens with zero attached hydrogens (tertiary/aromatic N) is 2. The van der Waals surface area contributed by atoms with Crippen molar-refractivity contribution >= 4 is 47.0 Å². The number of hydrogen-bond acceptors (Lipinski definition) is 8. The van der Waals surface area contributed by atoms with Gasteiger partial charge in [-0.3, -0.25) is 14.5 Å². The number of anilines is 1. The van der Waals surface area contributed by atoms with Crippen LogP contribution in [0.1, 0.15) is 11.3 Å². The molecule has 0 radical (unpaired) electrons. The predicted octanol–water partition coefficient (Wildman–Crippen LogP) is 1.64. The molecule has 1 aromatic heterocycles. The summed E-state index contributed by atoms with van der Waals surface area (Å²) in [5.41, 5.74) is 7.64. The minimum absolute atomic E-state index is 0.0256. The highest BCUT2D eigenvalue weighted by molar-refractivity contribution is 8.01. The second-order valence-corrected chi connectivity index (χ2v) is 9.14. The Bertz CT molecular complexity index is 1080. The molecule has 3 heterocycles. The number of aliphatic carboxylic acids is 1. The summed E-state index contributed by atoms with van der Waals surface area (Å²) in [4.78, 5) is 42.4. The molecular formula is C20H20N4O5S2. The standard InChI is InChI=1S/C20H20N4O5S2/c1-10-7-22-20(29-10)31-9-12-8-30-18-15(17(26)24(18)16(12)19(27)28)23-14(25)6-11-4-2-3-5-13(11)21/h2-5,7,15,18H,6,8-9,21H2,1H3,(H,23,25)(H,27,28)/t15?,18-/m1/s1. The second kappa shape index (κ2) is 8.67. The van der Waals surface area contributed by atoms with Gasteiger partial charge in [-0.25, -0.2) is 9.78 Å². The summed E-state index contributed by atoms with van der Waals surface area (Å²) in [5.74, 6) is -0.492. The van der Waals surface area contributed by atoms with E-state index in [1.807, 2.05) is 0 Å². The molecule has 2 amide bonds. The molecule has 1 saturated heterocycles. The van der Waals surface area contributed by atoms with Gasteiger partial charge in [0.1, 0.15) is 22.9 Å². The van der Waals surface area contributed by atoms with E-state index in [1.54, 1.807) is 37.4 Å². The average Bonchev–Trinajstić information content (AvgIpc) is 3.16. The van der Waals surface area contributed by atoms with Crippen LogP contribution < -0.4 is 11.1 Å². The number of β-lactam (4-membered cyclic amide) rings is 1. The third-order valence-corrected chi connectivity index (χ3v) is 7.21. The minimum Gasteiger partial charge on any atom is -0.477 e. The number of oxazole rings is 1. The van der Waals surface area contributed by atoms with Crippen LogP contribution in [-0.4, -0.2) is 55.7 Å². The summed E-state index contributed by atoms with van der Waals surface area (Å²) in [6.45, 7) is 1.78. The van der Waals surface area contributed by atoms with Crippen LogP contribution in [0.3, 0.4) is 0 Å². The lowest BCUT2D eigenvalue weighted by Gasteiger charge is -2.49. The number of rotatable bonds is 7. The fraction of sp³-hybridized carbons (Fsp3) is 0.300. The van der Waals surface area contributed by atoms with E-state index in [-0.39, 0.29) is 18.0 Å². The van der Waals surface area contributed by atoms with Crippen LogP contribution in [0.25, 0.3) is 0 Å². The quantitative estimate of drug-likeness (QED) is 0.320. The SMILES string of the molecule is Cc1cnc(SCC2=C(C(=O)O)N3C(=O)C(NC(=O)Cc4ccccc4N)[C@H]3SC2)o1. The zero-order valence-corrected chi connectivity index (χ0v) is 18.2. The van der Waals surface area contributed by atoms with Gasteiger partial charge in [-0.2, -0.15) is 0 Å². The number of hydrogen-bond donors (Lipinski definition) is 3. The van der Waals surface area contributed by atoms with Gasteiger partial charge in [0, 0.05) is 17.2 Å². The number of aryl methyl sites for hydroxylation is 1. The van der Waals surface area contributed by atoms with Crippen molar-refractivity contribution in [2.45, 2.75) is 30.0 Å². The fourth-order valence-corrected chi connectivity index (χ4v) is 5.77. The van der Waals surface area contributed by atoms with Crippen LogP contribution >= 0.6 is 23.5 Å². The highest BCUT2D eigenvalue weighted by atomic mass is 32.2. The molecule has 2 aliphatic heterocycles. The Morgan fingerprint density at radius 2 is 2.19 bits per heavy atom. The highest BCUT2D eigenvalue weighted by Crippen LogP contribution is 2.41. The van der Waals surface area contributed by atoms with Crippen LogP contribution in [0.15, 0.2) is 51.4 Å². The van der Waals surface area contributed by atoms with Crippen LogP contribution in [0, 0.1) is 6.92 Å². The molecule has 4 rings (SSSR count). The number of carbonyl (C=O) groups is 3. The number of aromatic nitrogens is 1. The van der Waals surface area contributed by atoms with Crippen molar-refractivity contribution in [1.82, 2.24) is 15.2 Å². The van der Waals surface area contributed by atoms with Crippen molar-refractivity contribution in [2.75, 3.05) is 17.2 Å². The monoisotopic (exact) mass is 460 g/mol. The third-order valence-electron chi connectivity index (χ3n) is 4.94. The van der Waals surface area contributed by atoms with E-state index in [4.69, 9.17) is 10.2 Å². The number of carbonyl (C=O) groups excluding carboxylic acids is 2. The van der Waals surface area contributed by atoms with E-state index in [1.165, 1.54) is 28.4 Å². The van der Waals surface area contributed by atoms with Gasteiger partial charge in [-0.05, 0) is 24.1 Å². The highest BCUT2D eigenvalue weighted by Gasteiger charge is 2.54. The maximum atomic E-state index is 12.7. The predicted molar refractivity (Wildman–Crippen MR) is 116 cm³/mol. The second-order valence-electron chi connectivity index (χ2n) is 7.11. The lowest BCUT2D eigenvalue weighted by molar-refractivity contribution is -0.150. The number of nitrogen functional groups attached to an aromatic ring is 1. The molecule has 4 N–H and O–H groups in total. The number of carboxylic acids is 1. The van der Waals surface area contributed by atoms with Crippen molar-refractivity contribution in [3.8, 4) is 0 Å². The molecule has 0 bridgehead atoms. The first-order valence-corrected chi connectivity index (χ1v) is 11.5. The van der Waals surface area contributed by atoms with Crippen molar-refractivity contribution in [3.05, 3.63) is 53.1 Å². The minimum atomic E-state index is -1.17. The molecular weight excluding hydrogens is 440 g/mol.